The number of hydrogen-bond acceptors (Lipinski definition) is 6. The van der Waals surface area contributed by atoms with E-state index in [2.05, 4.69) is 15.5 Å². The first-order valence-corrected chi connectivity index (χ1v) is 11.7. The van der Waals surface area contributed by atoms with Gasteiger partial charge in [-0.1, -0.05) is 41.6 Å². The van der Waals surface area contributed by atoms with E-state index in [9.17, 15) is 9.59 Å². The normalized spacial score (nSPS) is 11.8. The first-order chi connectivity index (χ1) is 15.4. The molecule has 10 heteroatoms. The first kappa shape index (κ1) is 22.1. The quantitative estimate of drug-likeness (QED) is 0.365. The van der Waals surface area contributed by atoms with E-state index >= 15 is 0 Å². The molecule has 2 aromatic heterocycles. The predicted octanol–water partition coefficient (Wildman–Crippen LogP) is 4.87. The molecule has 1 unspecified atom stereocenters. The van der Waals surface area contributed by atoms with E-state index in [4.69, 9.17) is 17.3 Å². The molecule has 1 atom stereocenters. The van der Waals surface area contributed by atoms with Gasteiger partial charge in [-0.25, -0.2) is 0 Å². The number of carbonyl (C=O) groups excluding carboxylic acids is 2. The summed E-state index contributed by atoms with van der Waals surface area (Å²) in [5.74, 6) is -0.217. The van der Waals surface area contributed by atoms with Crippen molar-refractivity contribution in [1.29, 1.82) is 0 Å². The van der Waals surface area contributed by atoms with Crippen molar-refractivity contribution in [1.82, 2.24) is 14.8 Å². The highest BCUT2D eigenvalue weighted by atomic mass is 35.5. The van der Waals surface area contributed by atoms with Crippen LogP contribution in [0.25, 0.3) is 17.1 Å². The van der Waals surface area contributed by atoms with Crippen LogP contribution in [0.15, 0.2) is 71.2 Å². The van der Waals surface area contributed by atoms with Crippen LogP contribution in [0.4, 0.5) is 5.00 Å². The number of nitrogens with two attached hydrogens (primary N) is 1. The van der Waals surface area contributed by atoms with E-state index in [-0.39, 0.29) is 11.5 Å². The number of halogens is 1. The molecule has 0 spiro atoms. The molecule has 0 aliphatic carbocycles. The van der Waals surface area contributed by atoms with Gasteiger partial charge in [0.25, 0.3) is 5.91 Å². The number of rotatable bonds is 7. The van der Waals surface area contributed by atoms with Crippen molar-refractivity contribution in [3.63, 3.8) is 0 Å². The maximum Gasteiger partial charge on any atom is 0.251 e. The summed E-state index contributed by atoms with van der Waals surface area (Å²) in [6.45, 7) is 1.77. The maximum absolute atomic E-state index is 12.8. The maximum atomic E-state index is 12.8. The van der Waals surface area contributed by atoms with Crippen LogP contribution in [0.5, 0.6) is 0 Å². The minimum absolute atomic E-state index is 0.268. The number of nitrogens with one attached hydrogen (secondary N) is 1. The second-order valence-corrected chi connectivity index (χ2v) is 9.42. The lowest BCUT2D eigenvalue weighted by atomic mass is 10.2. The number of thiophene rings is 1. The lowest BCUT2D eigenvalue weighted by Crippen LogP contribution is -2.24. The van der Waals surface area contributed by atoms with E-state index in [0.29, 0.717) is 21.0 Å². The summed E-state index contributed by atoms with van der Waals surface area (Å²) in [5.41, 5.74) is 7.37. The third kappa shape index (κ3) is 4.69. The Kier molecular flexibility index (Phi) is 6.59. The number of amides is 2. The van der Waals surface area contributed by atoms with Gasteiger partial charge in [-0.05, 0) is 54.8 Å². The fourth-order valence-corrected chi connectivity index (χ4v) is 4.76. The summed E-state index contributed by atoms with van der Waals surface area (Å²) in [6, 6.07) is 18.6. The summed E-state index contributed by atoms with van der Waals surface area (Å²) in [5, 5.41) is 14.3. The van der Waals surface area contributed by atoms with Crippen LogP contribution in [-0.2, 0) is 4.79 Å². The number of anilines is 1. The van der Waals surface area contributed by atoms with Crippen LogP contribution in [0.3, 0.4) is 0 Å². The van der Waals surface area contributed by atoms with Crippen LogP contribution in [0.1, 0.15) is 17.3 Å². The van der Waals surface area contributed by atoms with Gasteiger partial charge in [0.05, 0.1) is 10.8 Å². The largest absolute Gasteiger partial charge is 0.366 e. The fourth-order valence-electron chi connectivity index (χ4n) is 2.97. The van der Waals surface area contributed by atoms with E-state index in [1.54, 1.807) is 30.5 Å². The highest BCUT2D eigenvalue weighted by Gasteiger charge is 2.23. The third-order valence-corrected chi connectivity index (χ3v) is 6.69. The van der Waals surface area contributed by atoms with Crippen molar-refractivity contribution in [2.24, 2.45) is 5.73 Å². The number of benzene rings is 2. The minimum atomic E-state index is -0.585. The first-order valence-electron chi connectivity index (χ1n) is 9.55. The molecule has 0 aliphatic heterocycles. The van der Waals surface area contributed by atoms with E-state index < -0.39 is 11.2 Å². The zero-order valence-electron chi connectivity index (χ0n) is 16.9. The van der Waals surface area contributed by atoms with Crippen LogP contribution in [0.2, 0.25) is 5.02 Å². The molecule has 4 aromatic rings. The summed E-state index contributed by atoms with van der Waals surface area (Å²) in [4.78, 5) is 24.3. The summed E-state index contributed by atoms with van der Waals surface area (Å²) in [7, 11) is 0. The Labute approximate surface area is 197 Å². The molecular weight excluding hydrogens is 466 g/mol. The minimum Gasteiger partial charge on any atom is -0.366 e. The Balaban J connectivity index is 1.63. The monoisotopic (exact) mass is 483 g/mol. The second kappa shape index (κ2) is 9.56. The van der Waals surface area contributed by atoms with Crippen molar-refractivity contribution < 1.29 is 9.59 Å². The molecule has 2 aromatic carbocycles. The lowest BCUT2D eigenvalue weighted by molar-refractivity contribution is -0.115. The third-order valence-electron chi connectivity index (χ3n) is 4.57. The summed E-state index contributed by atoms with van der Waals surface area (Å²) in [6.07, 6.45) is 0. The molecule has 0 bridgehead atoms. The van der Waals surface area contributed by atoms with Crippen molar-refractivity contribution in [3.05, 3.63) is 76.6 Å². The van der Waals surface area contributed by atoms with Gasteiger partial charge in [-0.2, -0.15) is 0 Å². The number of carbonyl (C=O) groups is 2. The topological polar surface area (TPSA) is 103 Å². The zero-order chi connectivity index (χ0) is 22.7. The summed E-state index contributed by atoms with van der Waals surface area (Å²) >= 11 is 8.55. The average molecular weight is 484 g/mol. The van der Waals surface area contributed by atoms with E-state index in [0.717, 1.165) is 11.3 Å². The molecule has 162 valence electrons. The van der Waals surface area contributed by atoms with Gasteiger partial charge in [-0.15, -0.1) is 21.5 Å². The SMILES string of the molecule is CC(Sc1nnc(-c2ccc(Cl)cc2)n1-c1ccccc1)C(=O)Nc1sccc1C(N)=O. The van der Waals surface area contributed by atoms with Crippen molar-refractivity contribution in [2.75, 3.05) is 5.32 Å². The smallest absolute Gasteiger partial charge is 0.251 e. The molecule has 0 saturated heterocycles. The van der Waals surface area contributed by atoms with Crippen LogP contribution < -0.4 is 11.1 Å². The Morgan fingerprint density at radius 1 is 1.09 bits per heavy atom. The van der Waals surface area contributed by atoms with Gasteiger partial charge < -0.3 is 11.1 Å². The van der Waals surface area contributed by atoms with Crippen LogP contribution in [-0.4, -0.2) is 31.8 Å². The number of para-hydroxylation sites is 1. The molecule has 2 heterocycles. The number of primary amides is 1. The Morgan fingerprint density at radius 2 is 1.81 bits per heavy atom. The molecule has 4 rings (SSSR count). The van der Waals surface area contributed by atoms with E-state index in [1.165, 1.54) is 23.1 Å². The van der Waals surface area contributed by atoms with Crippen LogP contribution >= 0.6 is 34.7 Å². The fraction of sp³-hybridized carbons (Fsp3) is 0.0909. The van der Waals surface area contributed by atoms with Gasteiger partial charge >= 0.3 is 0 Å². The number of aromatic nitrogens is 3. The van der Waals surface area contributed by atoms with Gasteiger partial charge in [0, 0.05) is 16.3 Å². The molecular formula is C22H18ClN5O2S2. The molecule has 0 saturated carbocycles. The van der Waals surface area contributed by atoms with Crippen LogP contribution in [0, 0.1) is 0 Å². The molecule has 0 fully saturated rings. The molecule has 32 heavy (non-hydrogen) atoms. The average Bonchev–Trinajstić information content (AvgIpc) is 3.42. The standard InChI is InChI=1S/C22H18ClN5O2S2/c1-13(20(30)25-21-17(18(24)29)11-12-31-21)32-22-27-26-19(14-7-9-15(23)10-8-14)28(22)16-5-3-2-4-6-16/h2-13H,1H3,(H2,24,29)(H,25,30). The van der Waals surface area contributed by atoms with Crippen molar-refractivity contribution in [2.45, 2.75) is 17.3 Å². The van der Waals surface area contributed by atoms with Gasteiger partial charge in [0.1, 0.15) is 5.00 Å². The highest BCUT2D eigenvalue weighted by Crippen LogP contribution is 2.31. The molecule has 3 N–H and O–H groups in total. The van der Waals surface area contributed by atoms with Gasteiger partial charge in [-0.3, -0.25) is 14.2 Å². The predicted molar refractivity (Wildman–Crippen MR) is 129 cm³/mol. The Hall–Kier alpha value is -3.14. The molecule has 7 nitrogen and oxygen atoms in total. The van der Waals surface area contributed by atoms with Gasteiger partial charge in [0.2, 0.25) is 5.91 Å². The second-order valence-electron chi connectivity index (χ2n) is 6.76. The zero-order valence-corrected chi connectivity index (χ0v) is 19.2. The Bertz CT molecular complexity index is 1260. The number of thioether (sulfide) groups is 1. The molecule has 2 amide bonds. The summed E-state index contributed by atoms with van der Waals surface area (Å²) < 4.78 is 1.90. The number of hydrogen-bond donors (Lipinski definition) is 2. The Morgan fingerprint density at radius 3 is 2.50 bits per heavy atom. The molecule has 0 aliphatic rings. The lowest BCUT2D eigenvalue weighted by Gasteiger charge is -2.14. The van der Waals surface area contributed by atoms with Crippen molar-refractivity contribution >= 4 is 51.5 Å². The van der Waals surface area contributed by atoms with Gasteiger partial charge in [0.15, 0.2) is 11.0 Å². The molecule has 0 radical (unpaired) electrons. The van der Waals surface area contributed by atoms with Crippen molar-refractivity contribution in [3.8, 4) is 17.1 Å². The highest BCUT2D eigenvalue weighted by molar-refractivity contribution is 8.00. The van der Waals surface area contributed by atoms with E-state index in [1.807, 2.05) is 47.0 Å². The number of nitrogens with zero attached hydrogens (tertiary/aromatic N) is 3.